The lowest BCUT2D eigenvalue weighted by atomic mass is 9.99. The molecular formula is C36H27F2N3O3. The number of nitrogens with zero attached hydrogens (tertiary/aromatic N) is 2. The Hall–Kier alpha value is -5.63. The molecule has 0 unspecified atom stereocenters. The number of aromatic carboxylic acids is 1. The first-order valence-electron chi connectivity index (χ1n) is 14.0. The quantitative estimate of drug-likeness (QED) is 0.190. The van der Waals surface area contributed by atoms with Gasteiger partial charge in [0, 0.05) is 11.5 Å². The molecule has 218 valence electrons. The van der Waals surface area contributed by atoms with Crippen molar-refractivity contribution in [2.45, 2.75) is 19.5 Å². The Morgan fingerprint density at radius 2 is 1.48 bits per heavy atom. The van der Waals surface area contributed by atoms with Gasteiger partial charge >= 0.3 is 5.97 Å². The van der Waals surface area contributed by atoms with Gasteiger partial charge in [0.05, 0.1) is 35.4 Å². The zero-order chi connectivity index (χ0) is 30.8. The minimum absolute atomic E-state index is 0.143. The summed E-state index contributed by atoms with van der Waals surface area (Å²) in [4.78, 5) is 25.1. The lowest BCUT2D eigenvalue weighted by Crippen LogP contribution is -2.27. The second-order valence-corrected chi connectivity index (χ2v) is 10.6. The Morgan fingerprint density at radius 3 is 2.18 bits per heavy atom. The highest BCUT2D eigenvalue weighted by Crippen LogP contribution is 2.30. The number of nitrogens with one attached hydrogen (secondary N) is 1. The van der Waals surface area contributed by atoms with Crippen LogP contribution in [0.3, 0.4) is 0 Å². The summed E-state index contributed by atoms with van der Waals surface area (Å²) in [7, 11) is 0. The van der Waals surface area contributed by atoms with Gasteiger partial charge in [-0.15, -0.1) is 0 Å². The number of carbonyl (C=O) groups excluding carboxylic acids is 1. The van der Waals surface area contributed by atoms with Crippen LogP contribution in [-0.4, -0.2) is 26.8 Å². The Bertz CT molecular complexity index is 1980. The van der Waals surface area contributed by atoms with E-state index >= 15 is 0 Å². The van der Waals surface area contributed by atoms with Crippen molar-refractivity contribution in [3.8, 4) is 22.3 Å². The molecule has 1 amide bonds. The van der Waals surface area contributed by atoms with Crippen LogP contribution < -0.4 is 5.32 Å². The molecule has 0 fully saturated rings. The molecule has 0 bridgehead atoms. The number of hydrogen-bond donors (Lipinski definition) is 2. The van der Waals surface area contributed by atoms with E-state index in [1.165, 1.54) is 24.3 Å². The first kappa shape index (κ1) is 28.5. The molecular weight excluding hydrogens is 560 g/mol. The summed E-state index contributed by atoms with van der Waals surface area (Å²) < 4.78 is 30.1. The van der Waals surface area contributed by atoms with Crippen LogP contribution in [-0.2, 0) is 6.54 Å². The summed E-state index contributed by atoms with van der Waals surface area (Å²) in [5, 5.41) is 17.5. The summed E-state index contributed by atoms with van der Waals surface area (Å²) in [6.07, 6.45) is 1.64. The van der Waals surface area contributed by atoms with Crippen molar-refractivity contribution in [1.29, 1.82) is 0 Å². The number of fused-ring (bicyclic) bond motifs is 1. The van der Waals surface area contributed by atoms with Gasteiger partial charge < -0.3 is 10.4 Å². The first-order chi connectivity index (χ1) is 21.2. The molecule has 44 heavy (non-hydrogen) atoms. The number of carboxylic acid groups (broad SMARTS) is 1. The lowest BCUT2D eigenvalue weighted by Gasteiger charge is -2.17. The van der Waals surface area contributed by atoms with Crippen molar-refractivity contribution in [3.63, 3.8) is 0 Å². The highest BCUT2D eigenvalue weighted by atomic mass is 19.1. The van der Waals surface area contributed by atoms with E-state index < -0.39 is 29.6 Å². The van der Waals surface area contributed by atoms with E-state index in [9.17, 15) is 23.5 Å². The van der Waals surface area contributed by atoms with Gasteiger partial charge in [-0.3, -0.25) is 9.48 Å². The van der Waals surface area contributed by atoms with Crippen LogP contribution in [0.5, 0.6) is 0 Å². The Morgan fingerprint density at radius 1 is 0.795 bits per heavy atom. The normalized spacial score (nSPS) is 11.8. The number of carboxylic acids is 1. The summed E-state index contributed by atoms with van der Waals surface area (Å²) in [6.45, 7) is 2.17. The van der Waals surface area contributed by atoms with Crippen LogP contribution in [0.25, 0.3) is 33.2 Å². The van der Waals surface area contributed by atoms with Crippen molar-refractivity contribution < 1.29 is 23.5 Å². The fourth-order valence-corrected chi connectivity index (χ4v) is 5.34. The van der Waals surface area contributed by atoms with Crippen LogP contribution in [0.4, 0.5) is 8.78 Å². The summed E-state index contributed by atoms with van der Waals surface area (Å²) >= 11 is 0. The van der Waals surface area contributed by atoms with Crippen LogP contribution in [0, 0.1) is 11.6 Å². The van der Waals surface area contributed by atoms with Crippen molar-refractivity contribution in [2.75, 3.05) is 0 Å². The molecule has 1 aromatic heterocycles. The van der Waals surface area contributed by atoms with Crippen molar-refractivity contribution in [2.24, 2.45) is 0 Å². The van der Waals surface area contributed by atoms with E-state index in [4.69, 9.17) is 0 Å². The van der Waals surface area contributed by atoms with Gasteiger partial charge in [0.2, 0.25) is 0 Å². The largest absolute Gasteiger partial charge is 0.478 e. The molecule has 6 aromatic rings. The van der Waals surface area contributed by atoms with E-state index in [2.05, 4.69) is 16.5 Å². The number of rotatable bonds is 8. The zero-order valence-corrected chi connectivity index (χ0v) is 23.7. The van der Waals surface area contributed by atoms with Gasteiger partial charge in [0.15, 0.2) is 0 Å². The van der Waals surface area contributed by atoms with Crippen molar-refractivity contribution in [3.05, 3.63) is 149 Å². The van der Waals surface area contributed by atoms with Crippen LogP contribution in [0.15, 0.2) is 115 Å². The molecule has 1 heterocycles. The third-order valence-corrected chi connectivity index (χ3v) is 7.55. The van der Waals surface area contributed by atoms with Crippen LogP contribution >= 0.6 is 0 Å². The first-order valence-corrected chi connectivity index (χ1v) is 14.0. The molecule has 1 atom stereocenters. The standard InChI is InChI=1S/C36H27F2N3O3/c1-22(24-10-12-26(13-11-24)36(43)44)40-35(42)33-18-28(29-16-31(37)19-32(38)17-29)15-30-20-39-41(34(30)33)21-23-6-5-9-27(14-23)25-7-3-2-4-8-25/h2-20,22H,21H2,1H3,(H,40,42)(H,43,44)/t22-/m0/s1. The zero-order valence-electron chi connectivity index (χ0n) is 23.7. The molecule has 8 heteroatoms. The predicted octanol–water partition coefficient (Wildman–Crippen LogP) is 7.89. The topological polar surface area (TPSA) is 84.2 Å². The highest BCUT2D eigenvalue weighted by Gasteiger charge is 2.20. The summed E-state index contributed by atoms with van der Waals surface area (Å²) in [6, 6.07) is 30.5. The lowest BCUT2D eigenvalue weighted by molar-refractivity contribution is 0.0696. The molecule has 6 nitrogen and oxygen atoms in total. The fourth-order valence-electron chi connectivity index (χ4n) is 5.34. The smallest absolute Gasteiger partial charge is 0.335 e. The van der Waals surface area contributed by atoms with E-state index in [0.29, 0.717) is 34.1 Å². The Kier molecular flexibility index (Phi) is 7.72. The molecule has 0 aliphatic carbocycles. The molecule has 0 aliphatic rings. The SMILES string of the molecule is C[C@H](NC(=O)c1cc(-c2cc(F)cc(F)c2)cc2cnn(Cc3cccc(-c4ccccc4)c3)c12)c1ccc(C(=O)O)cc1. The minimum Gasteiger partial charge on any atom is -0.478 e. The number of hydrogen-bond acceptors (Lipinski definition) is 3. The average molecular weight is 588 g/mol. The average Bonchev–Trinajstić information content (AvgIpc) is 3.43. The minimum atomic E-state index is -1.04. The molecule has 5 aromatic carbocycles. The van der Waals surface area contributed by atoms with Gasteiger partial charge in [-0.1, -0.05) is 60.7 Å². The molecule has 6 rings (SSSR count). The van der Waals surface area contributed by atoms with Crippen molar-refractivity contribution in [1.82, 2.24) is 15.1 Å². The maximum Gasteiger partial charge on any atom is 0.335 e. The summed E-state index contributed by atoms with van der Waals surface area (Å²) in [5.74, 6) is -2.90. The van der Waals surface area contributed by atoms with E-state index in [1.54, 1.807) is 42.1 Å². The number of benzene rings is 5. The Labute approximate surface area is 252 Å². The van der Waals surface area contributed by atoms with E-state index in [0.717, 1.165) is 22.8 Å². The predicted molar refractivity (Wildman–Crippen MR) is 165 cm³/mol. The number of carbonyl (C=O) groups is 2. The molecule has 0 saturated carbocycles. The van der Waals surface area contributed by atoms with Gasteiger partial charge in [-0.05, 0) is 82.8 Å². The number of aromatic nitrogens is 2. The number of amides is 1. The van der Waals surface area contributed by atoms with Crippen molar-refractivity contribution >= 4 is 22.8 Å². The number of halogens is 2. The second kappa shape index (κ2) is 11.9. The monoisotopic (exact) mass is 587 g/mol. The molecule has 2 N–H and O–H groups in total. The maximum absolute atomic E-state index is 14.2. The van der Waals surface area contributed by atoms with Crippen LogP contribution in [0.2, 0.25) is 0 Å². The van der Waals surface area contributed by atoms with Gasteiger partial charge in [0.25, 0.3) is 5.91 Å². The third-order valence-electron chi connectivity index (χ3n) is 7.55. The summed E-state index contributed by atoms with van der Waals surface area (Å²) in [5.41, 5.74) is 5.58. The highest BCUT2D eigenvalue weighted by molar-refractivity contribution is 6.07. The van der Waals surface area contributed by atoms with E-state index in [1.807, 2.05) is 48.5 Å². The molecule has 0 saturated heterocycles. The van der Waals surface area contributed by atoms with E-state index in [-0.39, 0.29) is 11.1 Å². The Balaban J connectivity index is 1.40. The maximum atomic E-state index is 14.2. The molecule has 0 spiro atoms. The third kappa shape index (κ3) is 5.96. The van der Waals surface area contributed by atoms with Crippen LogP contribution in [0.1, 0.15) is 44.8 Å². The molecule has 0 radical (unpaired) electrons. The fraction of sp³-hybridized carbons (Fsp3) is 0.0833. The molecule has 0 aliphatic heterocycles. The van der Waals surface area contributed by atoms with Gasteiger partial charge in [-0.2, -0.15) is 5.10 Å². The van der Waals surface area contributed by atoms with Gasteiger partial charge in [0.1, 0.15) is 11.6 Å². The second-order valence-electron chi connectivity index (χ2n) is 10.6. The van der Waals surface area contributed by atoms with Gasteiger partial charge in [-0.25, -0.2) is 13.6 Å².